The van der Waals surface area contributed by atoms with E-state index in [9.17, 15) is 23.1 Å². The highest BCUT2D eigenvalue weighted by atomic mass is 32.2. The van der Waals surface area contributed by atoms with Crippen LogP contribution in [0.15, 0.2) is 0 Å². The molecule has 5 N–H and O–H groups in total. The van der Waals surface area contributed by atoms with Crippen molar-refractivity contribution in [3.8, 4) is 0 Å². The van der Waals surface area contributed by atoms with E-state index in [4.69, 9.17) is 20.4 Å². The summed E-state index contributed by atoms with van der Waals surface area (Å²) in [5.41, 5.74) is 9.36. The molecule has 2 atom stereocenters. The molecule has 142 valence electrons. The van der Waals surface area contributed by atoms with Gasteiger partial charge in [-0.3, -0.25) is 14.7 Å². The average molecular weight is 369 g/mol. The van der Waals surface area contributed by atoms with E-state index in [0.29, 0.717) is 0 Å². The molecule has 10 nitrogen and oxygen atoms in total. The van der Waals surface area contributed by atoms with Crippen LogP contribution in [0.1, 0.15) is 20.3 Å². The summed E-state index contributed by atoms with van der Waals surface area (Å²) >= 11 is 0. The summed E-state index contributed by atoms with van der Waals surface area (Å²) in [5.74, 6) is -2.07. The number of carbonyl (C=O) groups is 2. The number of esters is 1. The molecular formula is C13H27N3O7S. The Morgan fingerprint density at radius 1 is 1.29 bits per heavy atom. The predicted molar refractivity (Wildman–Crippen MR) is 86.0 cm³/mol. The number of nitrogens with zero attached hydrogens (tertiary/aromatic N) is 1. The van der Waals surface area contributed by atoms with Crippen molar-refractivity contribution >= 4 is 22.0 Å². The quantitative estimate of drug-likeness (QED) is 0.224. The lowest BCUT2D eigenvalue weighted by molar-refractivity contribution is -0.172. The zero-order valence-corrected chi connectivity index (χ0v) is 15.2. The highest BCUT2D eigenvalue weighted by molar-refractivity contribution is 7.86. The van der Waals surface area contributed by atoms with Crippen LogP contribution >= 0.6 is 0 Å². The van der Waals surface area contributed by atoms with Crippen LogP contribution < -0.4 is 11.5 Å². The minimum atomic E-state index is -3.81. The van der Waals surface area contributed by atoms with Crippen molar-refractivity contribution in [2.45, 2.75) is 32.6 Å². The van der Waals surface area contributed by atoms with Gasteiger partial charge in [0.15, 0.2) is 6.10 Å². The van der Waals surface area contributed by atoms with Gasteiger partial charge in [-0.15, -0.1) is 0 Å². The standard InChI is InChI=1S/C13H27N3O7S/c1-13(2,8-22-24(20,21)7-5-6-14)9(17)12(19)23-10(15)11(18)16(3)4/h9-10,17H,5-8,14-15H2,1-4H3/t9-,10?/m0/s1. The van der Waals surface area contributed by atoms with Crippen LogP contribution in [0.5, 0.6) is 0 Å². The number of carbonyl (C=O) groups excluding carboxylic acids is 2. The van der Waals surface area contributed by atoms with Crippen LogP contribution in [-0.4, -0.2) is 75.6 Å². The van der Waals surface area contributed by atoms with Crippen LogP contribution in [0, 0.1) is 5.41 Å². The summed E-state index contributed by atoms with van der Waals surface area (Å²) in [6.07, 6.45) is -3.06. The summed E-state index contributed by atoms with van der Waals surface area (Å²) in [6.45, 7) is 2.57. The zero-order valence-electron chi connectivity index (χ0n) is 14.4. The predicted octanol–water partition coefficient (Wildman–Crippen LogP) is -2.02. The molecule has 11 heteroatoms. The molecule has 1 amide bonds. The highest BCUT2D eigenvalue weighted by Gasteiger charge is 2.38. The van der Waals surface area contributed by atoms with Gasteiger partial charge in [0.25, 0.3) is 16.0 Å². The maximum absolute atomic E-state index is 11.9. The summed E-state index contributed by atoms with van der Waals surface area (Å²) < 4.78 is 32.7. The normalized spacial score (nSPS) is 14.8. The highest BCUT2D eigenvalue weighted by Crippen LogP contribution is 2.23. The van der Waals surface area contributed by atoms with Gasteiger partial charge in [0.1, 0.15) is 0 Å². The van der Waals surface area contributed by atoms with Gasteiger partial charge in [0.2, 0.25) is 6.23 Å². The molecule has 0 aliphatic carbocycles. The van der Waals surface area contributed by atoms with E-state index in [1.165, 1.54) is 27.9 Å². The molecule has 0 saturated carbocycles. The Bertz CT molecular complexity index is 534. The number of rotatable bonds is 10. The van der Waals surface area contributed by atoms with Gasteiger partial charge < -0.3 is 20.5 Å². The maximum Gasteiger partial charge on any atom is 0.337 e. The van der Waals surface area contributed by atoms with E-state index in [-0.39, 0.29) is 18.7 Å². The van der Waals surface area contributed by atoms with E-state index in [1.807, 2.05) is 0 Å². The Kier molecular flexibility index (Phi) is 8.78. The minimum absolute atomic E-state index is 0.193. The third-order valence-electron chi connectivity index (χ3n) is 3.10. The van der Waals surface area contributed by atoms with Crippen molar-refractivity contribution in [1.29, 1.82) is 0 Å². The fourth-order valence-corrected chi connectivity index (χ4v) is 2.57. The lowest BCUT2D eigenvalue weighted by Gasteiger charge is -2.29. The summed E-state index contributed by atoms with van der Waals surface area (Å²) in [6, 6.07) is 0. The number of aliphatic hydroxyl groups excluding tert-OH is 1. The second-order valence-electron chi connectivity index (χ2n) is 6.15. The molecule has 1 unspecified atom stereocenters. The van der Waals surface area contributed by atoms with Gasteiger partial charge in [-0.1, -0.05) is 13.8 Å². The van der Waals surface area contributed by atoms with Crippen molar-refractivity contribution in [1.82, 2.24) is 4.90 Å². The fourth-order valence-electron chi connectivity index (χ4n) is 1.45. The third-order valence-corrected chi connectivity index (χ3v) is 4.37. The minimum Gasteiger partial charge on any atom is -0.435 e. The number of aliphatic hydroxyl groups is 1. The lowest BCUT2D eigenvalue weighted by atomic mass is 9.87. The molecule has 0 aromatic rings. The van der Waals surface area contributed by atoms with Gasteiger partial charge in [0.05, 0.1) is 12.4 Å². The van der Waals surface area contributed by atoms with Crippen molar-refractivity contribution in [3.05, 3.63) is 0 Å². The second-order valence-corrected chi connectivity index (χ2v) is 7.91. The molecule has 0 aromatic heterocycles. The molecule has 0 radical (unpaired) electrons. The molecule has 0 aromatic carbocycles. The van der Waals surface area contributed by atoms with Gasteiger partial charge >= 0.3 is 5.97 Å². The first-order valence-corrected chi connectivity index (χ1v) is 8.84. The zero-order chi connectivity index (χ0) is 19.1. The van der Waals surface area contributed by atoms with Gasteiger partial charge in [-0.05, 0) is 13.0 Å². The van der Waals surface area contributed by atoms with Crippen LogP contribution in [0.25, 0.3) is 0 Å². The molecular weight excluding hydrogens is 342 g/mol. The molecule has 0 bridgehead atoms. The van der Waals surface area contributed by atoms with Gasteiger partial charge in [-0.25, -0.2) is 4.79 Å². The van der Waals surface area contributed by atoms with Crippen molar-refractivity contribution in [3.63, 3.8) is 0 Å². The van der Waals surface area contributed by atoms with E-state index >= 15 is 0 Å². The Morgan fingerprint density at radius 3 is 2.29 bits per heavy atom. The molecule has 0 saturated heterocycles. The maximum atomic E-state index is 11.9. The van der Waals surface area contributed by atoms with E-state index in [2.05, 4.69) is 0 Å². The lowest BCUT2D eigenvalue weighted by Crippen LogP contribution is -2.48. The van der Waals surface area contributed by atoms with Crippen LogP contribution in [0.3, 0.4) is 0 Å². The summed E-state index contributed by atoms with van der Waals surface area (Å²) in [7, 11) is -0.959. The molecule has 0 fully saturated rings. The number of hydrogen-bond donors (Lipinski definition) is 3. The Labute approximate surface area is 142 Å². The van der Waals surface area contributed by atoms with Gasteiger partial charge in [-0.2, -0.15) is 8.42 Å². The van der Waals surface area contributed by atoms with E-state index in [1.54, 1.807) is 0 Å². The second kappa shape index (κ2) is 9.28. The summed E-state index contributed by atoms with van der Waals surface area (Å²) in [4.78, 5) is 24.5. The monoisotopic (exact) mass is 369 g/mol. The SMILES string of the molecule is CN(C)C(=O)C(N)OC(=O)[C@H](O)C(C)(C)COS(=O)(=O)CCCN. The number of nitrogens with two attached hydrogens (primary N) is 2. The molecule has 0 heterocycles. The largest absolute Gasteiger partial charge is 0.435 e. The van der Waals surface area contributed by atoms with Crippen LogP contribution in [-0.2, 0) is 28.6 Å². The molecule has 0 rings (SSSR count). The Balaban J connectivity index is 4.73. The van der Waals surface area contributed by atoms with E-state index in [0.717, 1.165) is 4.90 Å². The van der Waals surface area contributed by atoms with E-state index < -0.39 is 46.3 Å². The number of ether oxygens (including phenoxy) is 1. The summed E-state index contributed by atoms with van der Waals surface area (Å²) in [5, 5.41) is 10.0. The first-order valence-electron chi connectivity index (χ1n) is 7.26. The van der Waals surface area contributed by atoms with Gasteiger partial charge in [0, 0.05) is 19.5 Å². The van der Waals surface area contributed by atoms with Crippen molar-refractivity contribution in [2.24, 2.45) is 16.9 Å². The number of hydrogen-bond acceptors (Lipinski definition) is 9. The van der Waals surface area contributed by atoms with Crippen molar-refractivity contribution in [2.75, 3.05) is 33.0 Å². The molecule has 0 aliphatic heterocycles. The molecule has 0 spiro atoms. The number of likely N-dealkylation sites (N-methyl/N-ethyl adjacent to an activating group) is 1. The first kappa shape index (κ1) is 22.7. The average Bonchev–Trinajstić information content (AvgIpc) is 2.49. The molecule has 24 heavy (non-hydrogen) atoms. The fraction of sp³-hybridized carbons (Fsp3) is 0.846. The van der Waals surface area contributed by atoms with Crippen molar-refractivity contribution < 1.29 is 32.0 Å². The first-order chi connectivity index (χ1) is 10.8. The topological polar surface area (TPSA) is 162 Å². The number of amides is 1. The Morgan fingerprint density at radius 2 is 1.83 bits per heavy atom. The van der Waals surface area contributed by atoms with Crippen LogP contribution in [0.4, 0.5) is 0 Å². The molecule has 0 aliphatic rings. The Hall–Kier alpha value is -1.27. The van der Waals surface area contributed by atoms with Crippen LogP contribution in [0.2, 0.25) is 0 Å². The third kappa shape index (κ3) is 7.53. The smallest absolute Gasteiger partial charge is 0.337 e.